The van der Waals surface area contributed by atoms with Gasteiger partial charge in [0.2, 0.25) is 0 Å². The number of ether oxygens (including phenoxy) is 3. The first kappa shape index (κ1) is 25.5. The maximum absolute atomic E-state index is 13.5. The van der Waals surface area contributed by atoms with Gasteiger partial charge in [0.1, 0.15) is 29.0 Å². The number of ketones is 1. The molecule has 0 spiro atoms. The van der Waals surface area contributed by atoms with Gasteiger partial charge in [-0.15, -0.1) is 0 Å². The van der Waals surface area contributed by atoms with Crippen molar-refractivity contribution in [1.82, 2.24) is 9.97 Å². The smallest absolute Gasteiger partial charge is 0.301 e. The van der Waals surface area contributed by atoms with E-state index < -0.39 is 23.5 Å². The van der Waals surface area contributed by atoms with Crippen LogP contribution in [0.5, 0.6) is 17.2 Å². The predicted molar refractivity (Wildman–Crippen MR) is 144 cm³/mol. The van der Waals surface area contributed by atoms with Crippen LogP contribution in [0.1, 0.15) is 24.2 Å². The van der Waals surface area contributed by atoms with Crippen molar-refractivity contribution in [3.63, 3.8) is 0 Å². The molecule has 1 amide bonds. The molecular formula is C27H22ClN3O6S. The summed E-state index contributed by atoms with van der Waals surface area (Å²) in [5.74, 6) is -1.05. The Morgan fingerprint density at radius 2 is 1.89 bits per heavy atom. The number of methoxy groups -OCH3 is 2. The van der Waals surface area contributed by atoms with Gasteiger partial charge >= 0.3 is 5.91 Å². The van der Waals surface area contributed by atoms with Crippen LogP contribution in [-0.2, 0) is 9.59 Å². The first-order valence-electron chi connectivity index (χ1n) is 11.5. The lowest BCUT2D eigenvalue weighted by molar-refractivity contribution is -0.132. The molecule has 4 aromatic rings. The average molecular weight is 552 g/mol. The number of benzene rings is 2. The van der Waals surface area contributed by atoms with Crippen LogP contribution < -0.4 is 19.1 Å². The number of amides is 1. The Balaban J connectivity index is 1.72. The van der Waals surface area contributed by atoms with E-state index in [1.54, 1.807) is 36.5 Å². The molecule has 0 bridgehead atoms. The fourth-order valence-corrected chi connectivity index (χ4v) is 5.54. The standard InChI is InChI=1S/C27H22ClN3O6S/c1-4-37-14-8-9-17-21(11-14)38-27(30-17)31-23(18-7-5-6-10-29-18)22(25(33)26(31)34)24(32)15-12-20(36-3)16(28)13-19(15)35-2/h5-13,23,32H,4H2,1-3H3/b24-22+. The first-order valence-corrected chi connectivity index (χ1v) is 12.7. The summed E-state index contributed by atoms with van der Waals surface area (Å²) in [7, 11) is 2.83. The maximum Gasteiger partial charge on any atom is 0.301 e. The van der Waals surface area contributed by atoms with E-state index in [4.69, 9.17) is 25.8 Å². The lowest BCUT2D eigenvalue weighted by Gasteiger charge is -2.22. The minimum absolute atomic E-state index is 0.137. The zero-order valence-corrected chi connectivity index (χ0v) is 22.2. The minimum atomic E-state index is -1.05. The van der Waals surface area contributed by atoms with E-state index in [9.17, 15) is 14.7 Å². The Labute approximate surface area is 226 Å². The molecule has 1 saturated heterocycles. The number of Topliss-reactive ketones (excluding diaryl/α,β-unsaturated/α-hetero) is 1. The zero-order chi connectivity index (χ0) is 27.0. The van der Waals surface area contributed by atoms with Crippen LogP contribution in [0.25, 0.3) is 16.0 Å². The van der Waals surface area contributed by atoms with E-state index in [1.807, 2.05) is 13.0 Å². The Hall–Kier alpha value is -4.15. The van der Waals surface area contributed by atoms with Crippen LogP contribution in [0.2, 0.25) is 5.02 Å². The average Bonchev–Trinajstić information content (AvgIpc) is 3.46. The van der Waals surface area contributed by atoms with Crippen LogP contribution in [-0.4, -0.2) is 47.6 Å². The number of aliphatic hydroxyl groups is 1. The van der Waals surface area contributed by atoms with Crippen molar-refractivity contribution in [3.05, 3.63) is 76.6 Å². The normalized spacial score (nSPS) is 16.7. The largest absolute Gasteiger partial charge is 0.507 e. The number of aliphatic hydroxyl groups excluding tert-OH is 1. The topological polar surface area (TPSA) is 111 Å². The van der Waals surface area contributed by atoms with Crippen LogP contribution in [0.15, 0.2) is 60.3 Å². The molecular weight excluding hydrogens is 530 g/mol. The number of hydrogen-bond acceptors (Lipinski definition) is 9. The summed E-state index contributed by atoms with van der Waals surface area (Å²) in [6, 6.07) is 12.4. The van der Waals surface area contributed by atoms with E-state index in [-0.39, 0.29) is 32.8 Å². The molecule has 1 unspecified atom stereocenters. The van der Waals surface area contributed by atoms with Gasteiger partial charge in [-0.2, -0.15) is 0 Å². The molecule has 3 heterocycles. The summed E-state index contributed by atoms with van der Waals surface area (Å²) in [4.78, 5) is 37.3. The van der Waals surface area contributed by atoms with E-state index in [2.05, 4.69) is 9.97 Å². The number of anilines is 1. The number of pyridine rings is 1. The van der Waals surface area contributed by atoms with E-state index >= 15 is 0 Å². The number of carbonyl (C=O) groups excluding carboxylic acids is 2. The number of aromatic nitrogens is 2. The van der Waals surface area contributed by atoms with E-state index in [0.717, 1.165) is 4.70 Å². The highest BCUT2D eigenvalue weighted by Crippen LogP contribution is 2.46. The fraction of sp³-hybridized carbons (Fsp3) is 0.185. The molecule has 2 aromatic carbocycles. The second-order valence-electron chi connectivity index (χ2n) is 8.17. The minimum Gasteiger partial charge on any atom is -0.507 e. The molecule has 38 heavy (non-hydrogen) atoms. The lowest BCUT2D eigenvalue weighted by atomic mass is 9.98. The van der Waals surface area contributed by atoms with Gasteiger partial charge in [-0.25, -0.2) is 4.98 Å². The molecule has 0 aliphatic carbocycles. The number of halogens is 1. The van der Waals surface area contributed by atoms with E-state index in [1.165, 1.54) is 42.6 Å². The van der Waals surface area contributed by atoms with Crippen molar-refractivity contribution in [2.24, 2.45) is 0 Å². The predicted octanol–water partition coefficient (Wildman–Crippen LogP) is 5.39. The Morgan fingerprint density at radius 1 is 1.11 bits per heavy atom. The van der Waals surface area contributed by atoms with Gasteiger partial charge < -0.3 is 19.3 Å². The van der Waals surface area contributed by atoms with Crippen molar-refractivity contribution in [3.8, 4) is 17.2 Å². The number of nitrogens with zero attached hydrogens (tertiary/aromatic N) is 3. The fourth-order valence-electron chi connectivity index (χ4n) is 4.29. The van der Waals surface area contributed by atoms with Crippen molar-refractivity contribution in [2.45, 2.75) is 13.0 Å². The number of fused-ring (bicyclic) bond motifs is 1. The molecule has 1 aliphatic heterocycles. The molecule has 1 N–H and O–H groups in total. The Kier molecular flexibility index (Phi) is 6.92. The molecule has 2 aromatic heterocycles. The first-order chi connectivity index (χ1) is 18.4. The second-order valence-corrected chi connectivity index (χ2v) is 9.59. The number of carbonyl (C=O) groups is 2. The Morgan fingerprint density at radius 3 is 2.58 bits per heavy atom. The van der Waals surface area contributed by atoms with Gasteiger partial charge in [0.25, 0.3) is 5.78 Å². The molecule has 194 valence electrons. The molecule has 11 heteroatoms. The van der Waals surface area contributed by atoms with Crippen molar-refractivity contribution >= 4 is 55.7 Å². The third kappa shape index (κ3) is 4.31. The monoisotopic (exact) mass is 551 g/mol. The van der Waals surface area contributed by atoms with Crippen LogP contribution in [0.3, 0.4) is 0 Å². The Bertz CT molecular complexity index is 1590. The highest BCUT2D eigenvalue weighted by atomic mass is 35.5. The zero-order valence-electron chi connectivity index (χ0n) is 20.6. The molecule has 0 saturated carbocycles. The van der Waals surface area contributed by atoms with Gasteiger partial charge in [-0.05, 0) is 43.3 Å². The summed E-state index contributed by atoms with van der Waals surface area (Å²) in [5, 5.41) is 12.0. The lowest BCUT2D eigenvalue weighted by Crippen LogP contribution is -2.29. The van der Waals surface area contributed by atoms with Crippen molar-refractivity contribution in [1.29, 1.82) is 0 Å². The summed E-state index contributed by atoms with van der Waals surface area (Å²) in [5.41, 5.74) is 0.991. The third-order valence-electron chi connectivity index (χ3n) is 6.01. The van der Waals surface area contributed by atoms with Gasteiger partial charge in [0.15, 0.2) is 5.13 Å². The van der Waals surface area contributed by atoms with E-state index in [0.29, 0.717) is 23.6 Å². The van der Waals surface area contributed by atoms with Crippen molar-refractivity contribution in [2.75, 3.05) is 25.7 Å². The molecule has 1 fully saturated rings. The highest BCUT2D eigenvalue weighted by molar-refractivity contribution is 7.22. The highest BCUT2D eigenvalue weighted by Gasteiger charge is 2.49. The van der Waals surface area contributed by atoms with Gasteiger partial charge in [0, 0.05) is 12.3 Å². The number of thiazole rings is 1. The van der Waals surface area contributed by atoms with Crippen LogP contribution >= 0.6 is 22.9 Å². The maximum atomic E-state index is 13.5. The summed E-state index contributed by atoms with van der Waals surface area (Å²) in [6.45, 7) is 2.39. The SMILES string of the molecule is CCOc1ccc2nc(N3C(=O)C(=O)/C(=C(/O)c4cc(OC)c(Cl)cc4OC)C3c3ccccn3)sc2c1. The molecule has 1 aliphatic rings. The van der Waals surface area contributed by atoms with Gasteiger partial charge in [-0.3, -0.25) is 19.5 Å². The van der Waals surface area contributed by atoms with Crippen LogP contribution in [0, 0.1) is 0 Å². The molecule has 9 nitrogen and oxygen atoms in total. The summed E-state index contributed by atoms with van der Waals surface area (Å²) in [6.07, 6.45) is 1.55. The third-order valence-corrected chi connectivity index (χ3v) is 7.32. The molecule has 0 radical (unpaired) electrons. The van der Waals surface area contributed by atoms with Crippen LogP contribution in [0.4, 0.5) is 5.13 Å². The summed E-state index contributed by atoms with van der Waals surface area (Å²) >= 11 is 7.47. The second kappa shape index (κ2) is 10.3. The van der Waals surface area contributed by atoms with Gasteiger partial charge in [-0.1, -0.05) is 29.0 Å². The summed E-state index contributed by atoms with van der Waals surface area (Å²) < 4.78 is 17.1. The van der Waals surface area contributed by atoms with Crippen molar-refractivity contribution < 1.29 is 28.9 Å². The number of rotatable bonds is 7. The molecule has 5 rings (SSSR count). The number of hydrogen-bond donors (Lipinski definition) is 1. The molecule has 1 atom stereocenters. The van der Waals surface area contributed by atoms with Gasteiger partial charge in [0.05, 0.1) is 52.9 Å². The quantitative estimate of drug-likeness (QED) is 0.185.